The van der Waals surface area contributed by atoms with Gasteiger partial charge in [-0.2, -0.15) is 0 Å². The molecule has 3 aromatic rings. The molecule has 0 aliphatic carbocycles. The van der Waals surface area contributed by atoms with Gasteiger partial charge in [0.25, 0.3) is 5.91 Å². The van der Waals surface area contributed by atoms with E-state index in [4.69, 9.17) is 21.1 Å². The van der Waals surface area contributed by atoms with Crippen molar-refractivity contribution in [2.45, 2.75) is 26.4 Å². The number of halogens is 1. The van der Waals surface area contributed by atoms with E-state index in [1.165, 1.54) is 0 Å². The zero-order valence-corrected chi connectivity index (χ0v) is 16.8. The van der Waals surface area contributed by atoms with Crippen LogP contribution in [0.5, 0.6) is 11.5 Å². The molecular formula is C23H24ClNO3. The molecular weight excluding hydrogens is 374 g/mol. The lowest BCUT2D eigenvalue weighted by atomic mass is 10.1. The predicted molar refractivity (Wildman–Crippen MR) is 113 cm³/mol. The van der Waals surface area contributed by atoms with Gasteiger partial charge >= 0.3 is 0 Å². The molecule has 0 saturated carbocycles. The van der Waals surface area contributed by atoms with Crippen LogP contribution in [0, 0.1) is 6.92 Å². The number of benzene rings is 3. The maximum absolute atomic E-state index is 12.5. The number of ether oxygens (including phenoxy) is 2. The van der Waals surface area contributed by atoms with Crippen LogP contribution in [-0.4, -0.2) is 25.2 Å². The average Bonchev–Trinajstić information content (AvgIpc) is 2.71. The molecule has 1 atom stereocenters. The van der Waals surface area contributed by atoms with Crippen LogP contribution in [0.3, 0.4) is 0 Å². The van der Waals surface area contributed by atoms with Crippen molar-refractivity contribution in [3.63, 3.8) is 0 Å². The first-order chi connectivity index (χ1) is 13.6. The topological polar surface area (TPSA) is 47.6 Å². The first-order valence-corrected chi connectivity index (χ1v) is 9.77. The highest BCUT2D eigenvalue weighted by Gasteiger charge is 2.18. The van der Waals surface area contributed by atoms with E-state index in [1.807, 2.05) is 68.4 Å². The number of hydrogen-bond acceptors (Lipinski definition) is 3. The van der Waals surface area contributed by atoms with Crippen molar-refractivity contribution in [2.24, 2.45) is 0 Å². The van der Waals surface area contributed by atoms with Gasteiger partial charge in [-0.25, -0.2) is 0 Å². The van der Waals surface area contributed by atoms with Crippen molar-refractivity contribution in [1.29, 1.82) is 0 Å². The summed E-state index contributed by atoms with van der Waals surface area (Å²) in [6.07, 6.45) is 0.0170. The third-order valence-corrected chi connectivity index (χ3v) is 4.90. The minimum absolute atomic E-state index is 0.152. The van der Waals surface area contributed by atoms with Gasteiger partial charge in [-0.05, 0) is 42.5 Å². The van der Waals surface area contributed by atoms with Gasteiger partial charge in [-0.3, -0.25) is 4.79 Å². The summed E-state index contributed by atoms with van der Waals surface area (Å²) in [4.78, 5) is 12.5. The molecule has 0 aromatic heterocycles. The Hall–Kier alpha value is -2.72. The molecule has 4 nitrogen and oxygen atoms in total. The summed E-state index contributed by atoms with van der Waals surface area (Å²) in [6.45, 7) is 4.61. The highest BCUT2D eigenvalue weighted by atomic mass is 35.5. The lowest BCUT2D eigenvalue weighted by molar-refractivity contribution is -0.128. The van der Waals surface area contributed by atoms with Crippen molar-refractivity contribution in [3.8, 4) is 11.5 Å². The number of nitrogens with one attached hydrogen (secondary N) is 1. The summed E-state index contributed by atoms with van der Waals surface area (Å²) in [7, 11) is 0. The zero-order valence-electron chi connectivity index (χ0n) is 16.1. The molecule has 28 heavy (non-hydrogen) atoms. The van der Waals surface area contributed by atoms with Crippen LogP contribution < -0.4 is 14.8 Å². The third-order valence-electron chi connectivity index (χ3n) is 4.50. The monoisotopic (exact) mass is 397 g/mol. The van der Waals surface area contributed by atoms with E-state index < -0.39 is 6.10 Å². The molecule has 0 bridgehead atoms. The molecule has 0 aliphatic rings. The van der Waals surface area contributed by atoms with E-state index in [2.05, 4.69) is 5.32 Å². The highest BCUT2D eigenvalue weighted by molar-refractivity contribution is 6.31. The Morgan fingerprint density at radius 3 is 2.68 bits per heavy atom. The highest BCUT2D eigenvalue weighted by Crippen LogP contribution is 2.26. The van der Waals surface area contributed by atoms with Crippen molar-refractivity contribution in [3.05, 3.63) is 71.2 Å². The Kier molecular flexibility index (Phi) is 6.77. The minimum atomic E-state index is -0.556. The Bertz CT molecular complexity index is 952. The lowest BCUT2D eigenvalue weighted by Gasteiger charge is -2.18. The maximum atomic E-state index is 12.5. The van der Waals surface area contributed by atoms with Gasteiger partial charge in [0.1, 0.15) is 18.1 Å². The second-order valence-corrected chi connectivity index (χ2v) is 6.95. The van der Waals surface area contributed by atoms with E-state index in [0.29, 0.717) is 36.1 Å². The summed E-state index contributed by atoms with van der Waals surface area (Å²) in [6, 6.07) is 19.4. The molecule has 3 aromatic carbocycles. The van der Waals surface area contributed by atoms with E-state index in [1.54, 1.807) is 6.07 Å². The van der Waals surface area contributed by atoms with Crippen LogP contribution in [0.2, 0.25) is 5.02 Å². The summed E-state index contributed by atoms with van der Waals surface area (Å²) in [5, 5.41) is 5.62. The normalized spacial score (nSPS) is 11.8. The largest absolute Gasteiger partial charge is 0.492 e. The Labute approximate surface area is 170 Å². The fourth-order valence-corrected chi connectivity index (χ4v) is 3.06. The molecule has 1 N–H and O–H groups in total. The number of hydrogen-bond donors (Lipinski definition) is 1. The van der Waals surface area contributed by atoms with Crippen LogP contribution in [0.1, 0.15) is 18.9 Å². The third kappa shape index (κ3) is 4.96. The van der Waals surface area contributed by atoms with Gasteiger partial charge < -0.3 is 14.8 Å². The molecule has 3 rings (SSSR count). The Balaban J connectivity index is 1.54. The van der Waals surface area contributed by atoms with Gasteiger partial charge in [-0.1, -0.05) is 61.0 Å². The van der Waals surface area contributed by atoms with Crippen molar-refractivity contribution < 1.29 is 14.3 Å². The van der Waals surface area contributed by atoms with Crippen LogP contribution in [0.15, 0.2) is 60.7 Å². The first-order valence-electron chi connectivity index (χ1n) is 9.39. The maximum Gasteiger partial charge on any atom is 0.261 e. The lowest BCUT2D eigenvalue weighted by Crippen LogP contribution is -2.39. The molecule has 0 heterocycles. The molecule has 0 aliphatic heterocycles. The van der Waals surface area contributed by atoms with Gasteiger partial charge in [-0.15, -0.1) is 0 Å². The number of carbonyl (C=O) groups is 1. The predicted octanol–water partition coefficient (Wildman–Crippen LogP) is 5.15. The number of rotatable bonds is 8. The van der Waals surface area contributed by atoms with Crippen LogP contribution in [0.4, 0.5) is 0 Å². The van der Waals surface area contributed by atoms with Gasteiger partial charge in [0, 0.05) is 10.4 Å². The minimum Gasteiger partial charge on any atom is -0.492 e. The molecule has 1 unspecified atom stereocenters. The van der Waals surface area contributed by atoms with E-state index in [9.17, 15) is 4.79 Å². The summed E-state index contributed by atoms with van der Waals surface area (Å²) in [5.41, 5.74) is 0.999. The van der Waals surface area contributed by atoms with Crippen molar-refractivity contribution in [1.82, 2.24) is 5.32 Å². The Morgan fingerprint density at radius 1 is 1.11 bits per heavy atom. The van der Waals surface area contributed by atoms with Crippen LogP contribution in [0.25, 0.3) is 10.8 Å². The number of carbonyl (C=O) groups excluding carboxylic acids is 1. The molecule has 0 radical (unpaired) electrons. The number of fused-ring (bicyclic) bond motifs is 1. The standard InChI is InChI=1S/C23H24ClNO3/c1-3-21(28-22-10-6-8-17-7-4-5-9-19(17)22)23(26)25-13-14-27-18-12-11-16(2)20(24)15-18/h4-12,15,21H,3,13-14H2,1-2H3,(H,25,26). The SMILES string of the molecule is CCC(Oc1cccc2ccccc12)C(=O)NCCOc1ccc(C)c(Cl)c1. The summed E-state index contributed by atoms with van der Waals surface area (Å²) in [5.74, 6) is 1.25. The Morgan fingerprint density at radius 2 is 1.89 bits per heavy atom. The quantitative estimate of drug-likeness (QED) is 0.534. The van der Waals surface area contributed by atoms with Crippen LogP contribution in [-0.2, 0) is 4.79 Å². The molecule has 0 fully saturated rings. The summed E-state index contributed by atoms with van der Waals surface area (Å²) >= 11 is 6.09. The average molecular weight is 398 g/mol. The number of aryl methyl sites for hydroxylation is 1. The number of amides is 1. The second-order valence-electron chi connectivity index (χ2n) is 6.54. The zero-order chi connectivity index (χ0) is 19.9. The van der Waals surface area contributed by atoms with Crippen LogP contribution >= 0.6 is 11.6 Å². The first kappa shape index (κ1) is 20.0. The van der Waals surface area contributed by atoms with Crippen molar-refractivity contribution >= 4 is 28.3 Å². The van der Waals surface area contributed by atoms with Crippen molar-refractivity contribution in [2.75, 3.05) is 13.2 Å². The van der Waals surface area contributed by atoms with Gasteiger partial charge in [0.15, 0.2) is 6.10 Å². The van der Waals surface area contributed by atoms with E-state index in [0.717, 1.165) is 16.3 Å². The smallest absolute Gasteiger partial charge is 0.261 e. The molecule has 0 spiro atoms. The molecule has 5 heteroatoms. The van der Waals surface area contributed by atoms with Gasteiger partial charge in [0.05, 0.1) is 6.54 Å². The fraction of sp³-hybridized carbons (Fsp3) is 0.261. The molecule has 146 valence electrons. The van der Waals surface area contributed by atoms with E-state index in [-0.39, 0.29) is 5.91 Å². The molecule has 1 amide bonds. The molecule has 0 saturated heterocycles. The van der Waals surface area contributed by atoms with Gasteiger partial charge in [0.2, 0.25) is 0 Å². The van der Waals surface area contributed by atoms with E-state index >= 15 is 0 Å². The summed E-state index contributed by atoms with van der Waals surface area (Å²) < 4.78 is 11.7. The second kappa shape index (κ2) is 9.47. The fourth-order valence-electron chi connectivity index (χ4n) is 2.89.